The number of amides is 1. The number of carbonyl (C=O) groups excluding carboxylic acids is 1. The zero-order chi connectivity index (χ0) is 20.5. The van der Waals surface area contributed by atoms with Crippen LogP contribution in [0.1, 0.15) is 25.0 Å². The number of nitrogens with zero attached hydrogens (tertiary/aromatic N) is 3. The number of aromatic nitrogens is 3. The molecule has 2 unspecified atom stereocenters. The van der Waals surface area contributed by atoms with Gasteiger partial charge in [-0.05, 0) is 19.1 Å². The molecule has 1 fully saturated rings. The fourth-order valence-electron chi connectivity index (χ4n) is 3.05. The maximum atomic E-state index is 14.5. The number of rotatable bonds is 4. The first-order valence-electron chi connectivity index (χ1n) is 8.57. The average Bonchev–Trinajstić information content (AvgIpc) is 2.65. The van der Waals surface area contributed by atoms with E-state index in [2.05, 4.69) is 20.3 Å². The first kappa shape index (κ1) is 20.2. The second-order valence-corrected chi connectivity index (χ2v) is 7.06. The molecule has 0 spiro atoms. The molecule has 150 valence electrons. The van der Waals surface area contributed by atoms with Crippen LogP contribution >= 0.6 is 11.6 Å². The molecule has 0 bridgehead atoms. The van der Waals surface area contributed by atoms with E-state index in [1.807, 2.05) is 0 Å². The van der Waals surface area contributed by atoms with Gasteiger partial charge in [0.1, 0.15) is 5.82 Å². The largest absolute Gasteiger partial charge is 0.379 e. The number of anilines is 2. The highest BCUT2D eigenvalue weighted by Gasteiger charge is 2.47. The lowest BCUT2D eigenvalue weighted by Gasteiger charge is -2.40. The van der Waals surface area contributed by atoms with Crippen LogP contribution in [-0.4, -0.2) is 50.8 Å². The molecule has 28 heavy (non-hydrogen) atoms. The smallest absolute Gasteiger partial charge is 0.290 e. The first-order valence-corrected chi connectivity index (χ1v) is 8.94. The normalized spacial score (nSPS) is 20.5. The Bertz CT molecular complexity index is 921. The summed E-state index contributed by atoms with van der Waals surface area (Å²) in [4.78, 5) is 35.6. The van der Waals surface area contributed by atoms with Crippen LogP contribution in [0.25, 0.3) is 0 Å². The second kappa shape index (κ2) is 7.80. The summed E-state index contributed by atoms with van der Waals surface area (Å²) in [5, 5.41) is 3.07. The molecule has 0 aliphatic carbocycles. The molecule has 8 nitrogen and oxygen atoms in total. The van der Waals surface area contributed by atoms with E-state index in [9.17, 15) is 18.4 Å². The molecule has 2 aromatic rings. The van der Waals surface area contributed by atoms with E-state index < -0.39 is 29.9 Å². The lowest BCUT2D eigenvalue weighted by molar-refractivity contribution is -0.125. The summed E-state index contributed by atoms with van der Waals surface area (Å²) in [7, 11) is 0. The van der Waals surface area contributed by atoms with Crippen molar-refractivity contribution in [1.82, 2.24) is 19.9 Å². The molecule has 4 N–H and O–H groups in total. The number of pyridine rings is 1. The number of hydrogen-bond acceptors (Lipinski definition) is 6. The van der Waals surface area contributed by atoms with Crippen molar-refractivity contribution in [2.45, 2.75) is 31.2 Å². The molecule has 1 saturated heterocycles. The maximum Gasteiger partial charge on any atom is 0.290 e. The van der Waals surface area contributed by atoms with Gasteiger partial charge in [0, 0.05) is 31.9 Å². The van der Waals surface area contributed by atoms with Crippen LogP contribution in [0, 0.1) is 0 Å². The third kappa shape index (κ3) is 4.28. The summed E-state index contributed by atoms with van der Waals surface area (Å²) in [5.41, 5.74) is 4.81. The van der Waals surface area contributed by atoms with Gasteiger partial charge in [-0.3, -0.25) is 14.5 Å². The van der Waals surface area contributed by atoms with Crippen LogP contribution in [0.4, 0.5) is 20.4 Å². The zero-order valence-corrected chi connectivity index (χ0v) is 15.7. The van der Waals surface area contributed by atoms with Crippen LogP contribution in [0.5, 0.6) is 0 Å². The molecule has 1 aliphatic rings. The molecular weight excluding hydrogens is 394 g/mol. The van der Waals surface area contributed by atoms with Crippen LogP contribution in [0.2, 0.25) is 5.02 Å². The van der Waals surface area contributed by atoms with Gasteiger partial charge in [-0.1, -0.05) is 11.6 Å². The molecule has 0 aromatic carbocycles. The fraction of sp³-hybridized carbons (Fsp3) is 0.412. The van der Waals surface area contributed by atoms with Crippen molar-refractivity contribution in [3.8, 4) is 0 Å². The van der Waals surface area contributed by atoms with Crippen LogP contribution in [-0.2, 0) is 4.79 Å². The highest BCUT2D eigenvalue weighted by molar-refractivity contribution is 6.30. The average molecular weight is 413 g/mol. The lowest BCUT2D eigenvalue weighted by Crippen LogP contribution is -2.52. The number of nitrogens with two attached hydrogens (primary N) is 1. The minimum atomic E-state index is -3.04. The Kier molecular flexibility index (Phi) is 5.61. The van der Waals surface area contributed by atoms with Crippen molar-refractivity contribution < 1.29 is 13.6 Å². The standard InChI is InChI=1S/C17H19ClF2N6O2/c1-9(15(27)25-13-3-2-10(18)6-22-13)26-5-4-17(19,20)11(8-26)12-7-23-16(28)14(21)24-12/h2-3,6-7,9,11H,4-5,8H2,1H3,(H2,21,24)(H,23,28)(H,22,25,27). The number of nitrogen functional groups attached to an aromatic ring is 1. The number of aromatic amines is 1. The molecule has 3 heterocycles. The Morgan fingerprint density at radius 3 is 2.89 bits per heavy atom. The zero-order valence-electron chi connectivity index (χ0n) is 15.0. The highest BCUT2D eigenvalue weighted by Crippen LogP contribution is 2.40. The van der Waals surface area contributed by atoms with Gasteiger partial charge in [0.25, 0.3) is 11.5 Å². The van der Waals surface area contributed by atoms with Gasteiger partial charge >= 0.3 is 0 Å². The predicted molar refractivity (Wildman–Crippen MR) is 100 cm³/mol. The van der Waals surface area contributed by atoms with E-state index in [1.54, 1.807) is 24.0 Å². The molecule has 2 aromatic heterocycles. The van der Waals surface area contributed by atoms with Gasteiger partial charge in [0.05, 0.1) is 22.7 Å². The van der Waals surface area contributed by atoms with Gasteiger partial charge < -0.3 is 16.0 Å². The van der Waals surface area contributed by atoms with Gasteiger partial charge in [0.15, 0.2) is 5.82 Å². The quantitative estimate of drug-likeness (QED) is 0.705. The fourth-order valence-corrected chi connectivity index (χ4v) is 3.16. The van der Waals surface area contributed by atoms with Crippen molar-refractivity contribution in [3.05, 3.63) is 45.6 Å². The number of likely N-dealkylation sites (tertiary alicyclic amines) is 1. The number of nitrogens with one attached hydrogen (secondary N) is 2. The van der Waals surface area contributed by atoms with Crippen molar-refractivity contribution >= 4 is 29.1 Å². The topological polar surface area (TPSA) is 117 Å². The monoisotopic (exact) mass is 412 g/mol. The van der Waals surface area contributed by atoms with Crippen molar-refractivity contribution in [1.29, 1.82) is 0 Å². The van der Waals surface area contributed by atoms with Crippen molar-refractivity contribution in [3.63, 3.8) is 0 Å². The molecule has 0 radical (unpaired) electrons. The van der Waals surface area contributed by atoms with Crippen LogP contribution in [0.15, 0.2) is 29.3 Å². The summed E-state index contributed by atoms with van der Waals surface area (Å²) in [6.45, 7) is 1.54. The highest BCUT2D eigenvalue weighted by atomic mass is 35.5. The van der Waals surface area contributed by atoms with Crippen molar-refractivity contribution in [2.24, 2.45) is 0 Å². The second-order valence-electron chi connectivity index (χ2n) is 6.63. The molecule has 1 amide bonds. The minimum absolute atomic E-state index is 0.0150. The van der Waals surface area contributed by atoms with Gasteiger partial charge in [-0.15, -0.1) is 0 Å². The van der Waals surface area contributed by atoms with Crippen molar-refractivity contribution in [2.75, 3.05) is 24.1 Å². The van der Waals surface area contributed by atoms with Gasteiger partial charge in [-0.25, -0.2) is 18.7 Å². The number of hydrogen-bond donors (Lipinski definition) is 3. The minimum Gasteiger partial charge on any atom is -0.379 e. The lowest BCUT2D eigenvalue weighted by atomic mass is 9.90. The summed E-state index contributed by atoms with van der Waals surface area (Å²) in [6.07, 6.45) is 2.09. The predicted octanol–water partition coefficient (Wildman–Crippen LogP) is 1.85. The van der Waals surface area contributed by atoms with E-state index >= 15 is 0 Å². The van der Waals surface area contributed by atoms with E-state index in [4.69, 9.17) is 17.3 Å². The third-order valence-corrected chi connectivity index (χ3v) is 4.98. The van der Waals surface area contributed by atoms with E-state index in [0.29, 0.717) is 10.8 Å². The Balaban J connectivity index is 1.75. The van der Waals surface area contributed by atoms with Gasteiger partial charge in [-0.2, -0.15) is 0 Å². The van der Waals surface area contributed by atoms with Crippen LogP contribution in [0.3, 0.4) is 0 Å². The third-order valence-electron chi connectivity index (χ3n) is 4.76. The van der Waals surface area contributed by atoms with Gasteiger partial charge in [0.2, 0.25) is 5.91 Å². The molecule has 3 rings (SSSR count). The SMILES string of the molecule is CC(C(=O)Nc1ccc(Cl)cn1)N1CCC(F)(F)C(c2c[nH]c(=O)c(N)n2)C1. The number of alkyl halides is 2. The first-order chi connectivity index (χ1) is 13.2. The summed E-state index contributed by atoms with van der Waals surface area (Å²) in [5.74, 6) is -4.78. The Labute approximate surface area is 164 Å². The maximum absolute atomic E-state index is 14.5. The number of piperidine rings is 1. The summed E-state index contributed by atoms with van der Waals surface area (Å²) >= 11 is 5.76. The molecule has 2 atom stereocenters. The van der Waals surface area contributed by atoms with E-state index in [1.165, 1.54) is 6.20 Å². The number of carbonyl (C=O) groups is 1. The molecule has 1 aliphatic heterocycles. The molecule has 0 saturated carbocycles. The van der Waals surface area contributed by atoms with Crippen LogP contribution < -0.4 is 16.6 Å². The Morgan fingerprint density at radius 1 is 1.50 bits per heavy atom. The Hall–Kier alpha value is -2.59. The van der Waals surface area contributed by atoms with E-state index in [-0.39, 0.29) is 30.5 Å². The number of halogens is 3. The number of H-pyrrole nitrogens is 1. The Morgan fingerprint density at radius 2 is 2.25 bits per heavy atom. The summed E-state index contributed by atoms with van der Waals surface area (Å²) < 4.78 is 29.0. The van der Waals surface area contributed by atoms with E-state index in [0.717, 1.165) is 6.20 Å². The summed E-state index contributed by atoms with van der Waals surface area (Å²) in [6, 6.07) is 2.45. The molecule has 11 heteroatoms. The molecular formula is C17H19ClF2N6O2.